The molecule has 4 nitrogen and oxygen atoms in total. The fourth-order valence-corrected chi connectivity index (χ4v) is 3.58. The minimum absolute atomic E-state index is 0.0251. The summed E-state index contributed by atoms with van der Waals surface area (Å²) in [4.78, 5) is 28.4. The van der Waals surface area contributed by atoms with Crippen LogP contribution in [0.1, 0.15) is 28.0 Å². The molecule has 130 valence electrons. The molecule has 1 amide bonds. The molecule has 0 spiro atoms. The molecule has 2 aromatic heterocycles. The maximum Gasteiger partial charge on any atom is 0.251 e. The monoisotopic (exact) mass is 354 g/mol. The van der Waals surface area contributed by atoms with Gasteiger partial charge in [-0.15, -0.1) is 11.3 Å². The zero-order chi connectivity index (χ0) is 17.8. The number of benzene rings is 1. The van der Waals surface area contributed by atoms with Crippen molar-refractivity contribution in [3.05, 3.63) is 67.6 Å². The van der Waals surface area contributed by atoms with Gasteiger partial charge in [0.2, 0.25) is 5.91 Å². The van der Waals surface area contributed by atoms with Crippen molar-refractivity contribution in [1.82, 2.24) is 10.3 Å². The van der Waals surface area contributed by atoms with Crippen LogP contribution in [0, 0.1) is 13.8 Å². The number of amides is 1. The summed E-state index contributed by atoms with van der Waals surface area (Å²) in [7, 11) is 0. The number of rotatable bonds is 6. The molecule has 3 aromatic rings. The Labute approximate surface area is 150 Å². The predicted molar refractivity (Wildman–Crippen MR) is 103 cm³/mol. The Bertz CT molecular complexity index is 942. The number of carbonyl (C=O) groups is 1. The van der Waals surface area contributed by atoms with Crippen molar-refractivity contribution in [3.63, 3.8) is 0 Å². The van der Waals surface area contributed by atoms with Crippen LogP contribution in [0.15, 0.2) is 40.5 Å². The Balaban J connectivity index is 1.59. The summed E-state index contributed by atoms with van der Waals surface area (Å²) in [6.07, 6.45) is 1.77. The Morgan fingerprint density at radius 3 is 2.80 bits per heavy atom. The third-order valence-electron chi connectivity index (χ3n) is 4.52. The molecular formula is C20H22N2O2S. The number of aryl methyl sites for hydroxylation is 3. The van der Waals surface area contributed by atoms with E-state index in [2.05, 4.69) is 16.4 Å². The van der Waals surface area contributed by atoms with E-state index in [1.165, 1.54) is 4.88 Å². The maximum atomic E-state index is 12.3. The molecule has 0 fully saturated rings. The average Bonchev–Trinajstić information content (AvgIpc) is 3.11. The number of hydrogen-bond acceptors (Lipinski definition) is 3. The first kappa shape index (κ1) is 17.4. The van der Waals surface area contributed by atoms with Gasteiger partial charge >= 0.3 is 0 Å². The van der Waals surface area contributed by atoms with Gasteiger partial charge in [-0.2, -0.15) is 0 Å². The largest absolute Gasteiger partial charge is 0.356 e. The van der Waals surface area contributed by atoms with Gasteiger partial charge in [-0.3, -0.25) is 9.59 Å². The third-order valence-corrected chi connectivity index (χ3v) is 5.46. The number of aromatic nitrogens is 1. The summed E-state index contributed by atoms with van der Waals surface area (Å²) in [5, 5.41) is 5.95. The molecule has 0 saturated heterocycles. The van der Waals surface area contributed by atoms with Crippen molar-refractivity contribution in [2.75, 3.05) is 6.54 Å². The normalized spacial score (nSPS) is 11.0. The van der Waals surface area contributed by atoms with Gasteiger partial charge in [0, 0.05) is 23.4 Å². The van der Waals surface area contributed by atoms with E-state index < -0.39 is 0 Å². The van der Waals surface area contributed by atoms with E-state index in [9.17, 15) is 9.59 Å². The molecule has 0 aliphatic rings. The molecule has 0 aliphatic carbocycles. The standard InChI is InChI=1S/C20H22N2O2S/c1-13-5-6-15-12-16(20(24)22-19(15)14(13)2)9-10-21-18(23)8-7-17-4-3-11-25-17/h3-6,11-12H,7-10H2,1-2H3,(H,21,23)(H,22,24). The molecule has 0 atom stereocenters. The van der Waals surface area contributed by atoms with Gasteiger partial charge in [-0.25, -0.2) is 0 Å². The van der Waals surface area contributed by atoms with Crippen LogP contribution in [0.25, 0.3) is 10.9 Å². The number of H-pyrrole nitrogens is 1. The minimum atomic E-state index is -0.0750. The van der Waals surface area contributed by atoms with E-state index >= 15 is 0 Å². The second kappa shape index (κ2) is 7.66. The molecular weight excluding hydrogens is 332 g/mol. The fourth-order valence-electron chi connectivity index (χ4n) is 2.87. The van der Waals surface area contributed by atoms with E-state index in [1.54, 1.807) is 11.3 Å². The van der Waals surface area contributed by atoms with Gasteiger partial charge in [-0.05, 0) is 60.7 Å². The molecule has 3 rings (SSSR count). The second-order valence-electron chi connectivity index (χ2n) is 6.27. The number of hydrogen-bond donors (Lipinski definition) is 2. The average molecular weight is 354 g/mol. The highest BCUT2D eigenvalue weighted by Crippen LogP contribution is 2.19. The highest BCUT2D eigenvalue weighted by Gasteiger charge is 2.07. The van der Waals surface area contributed by atoms with Gasteiger partial charge in [0.1, 0.15) is 0 Å². The topological polar surface area (TPSA) is 62.0 Å². The molecule has 5 heteroatoms. The SMILES string of the molecule is Cc1ccc2cc(CCNC(=O)CCc3cccs3)c(=O)[nH]c2c1C. The molecule has 0 radical (unpaired) electrons. The van der Waals surface area contributed by atoms with E-state index in [-0.39, 0.29) is 11.5 Å². The highest BCUT2D eigenvalue weighted by molar-refractivity contribution is 7.09. The van der Waals surface area contributed by atoms with Crippen molar-refractivity contribution in [2.24, 2.45) is 0 Å². The van der Waals surface area contributed by atoms with Gasteiger partial charge in [0.15, 0.2) is 0 Å². The van der Waals surface area contributed by atoms with Crippen molar-refractivity contribution < 1.29 is 4.79 Å². The van der Waals surface area contributed by atoms with E-state index in [0.717, 1.165) is 28.5 Å². The van der Waals surface area contributed by atoms with Crippen LogP contribution in [0.3, 0.4) is 0 Å². The fraction of sp³-hybridized carbons (Fsp3) is 0.300. The molecule has 0 bridgehead atoms. The van der Waals surface area contributed by atoms with E-state index in [1.807, 2.05) is 43.5 Å². The molecule has 0 unspecified atom stereocenters. The van der Waals surface area contributed by atoms with Crippen LogP contribution in [0.2, 0.25) is 0 Å². The van der Waals surface area contributed by atoms with Gasteiger partial charge in [-0.1, -0.05) is 18.2 Å². The Kier molecular flexibility index (Phi) is 5.34. The summed E-state index contributed by atoms with van der Waals surface area (Å²) >= 11 is 1.67. The number of thiophene rings is 1. The Morgan fingerprint density at radius 1 is 1.20 bits per heavy atom. The lowest BCUT2D eigenvalue weighted by Gasteiger charge is -2.08. The molecule has 0 aliphatic heterocycles. The lowest BCUT2D eigenvalue weighted by atomic mass is 10.0. The maximum absolute atomic E-state index is 12.3. The molecule has 0 saturated carbocycles. The van der Waals surface area contributed by atoms with Crippen molar-refractivity contribution >= 4 is 28.1 Å². The second-order valence-corrected chi connectivity index (χ2v) is 7.31. The minimum Gasteiger partial charge on any atom is -0.356 e. The van der Waals surface area contributed by atoms with E-state index in [4.69, 9.17) is 0 Å². The van der Waals surface area contributed by atoms with Crippen molar-refractivity contribution in [3.8, 4) is 0 Å². The van der Waals surface area contributed by atoms with Crippen molar-refractivity contribution in [1.29, 1.82) is 0 Å². The lowest BCUT2D eigenvalue weighted by molar-refractivity contribution is -0.121. The summed E-state index contributed by atoms with van der Waals surface area (Å²) in [5.41, 5.74) is 3.79. The van der Waals surface area contributed by atoms with Crippen LogP contribution in [-0.4, -0.2) is 17.4 Å². The summed E-state index contributed by atoms with van der Waals surface area (Å²) in [6.45, 7) is 4.52. The molecule has 2 heterocycles. The quantitative estimate of drug-likeness (QED) is 0.712. The zero-order valence-corrected chi connectivity index (χ0v) is 15.3. The molecule has 2 N–H and O–H groups in total. The number of aromatic amines is 1. The van der Waals surface area contributed by atoms with Crippen LogP contribution >= 0.6 is 11.3 Å². The number of nitrogens with one attached hydrogen (secondary N) is 2. The van der Waals surface area contributed by atoms with Gasteiger partial charge < -0.3 is 10.3 Å². The van der Waals surface area contributed by atoms with E-state index in [0.29, 0.717) is 24.9 Å². The summed E-state index contributed by atoms with van der Waals surface area (Å²) < 4.78 is 0. The molecule has 1 aromatic carbocycles. The predicted octanol–water partition coefficient (Wildman–Crippen LogP) is 3.50. The third kappa shape index (κ3) is 4.17. The lowest BCUT2D eigenvalue weighted by Crippen LogP contribution is -2.27. The number of pyridine rings is 1. The Morgan fingerprint density at radius 2 is 2.04 bits per heavy atom. The van der Waals surface area contributed by atoms with Crippen LogP contribution < -0.4 is 10.9 Å². The van der Waals surface area contributed by atoms with Crippen LogP contribution in [0.4, 0.5) is 0 Å². The highest BCUT2D eigenvalue weighted by atomic mass is 32.1. The zero-order valence-electron chi connectivity index (χ0n) is 14.5. The van der Waals surface area contributed by atoms with Gasteiger partial charge in [0.25, 0.3) is 5.56 Å². The summed E-state index contributed by atoms with van der Waals surface area (Å²) in [6, 6.07) is 10.0. The van der Waals surface area contributed by atoms with Gasteiger partial charge in [0.05, 0.1) is 5.52 Å². The van der Waals surface area contributed by atoms with Crippen molar-refractivity contribution in [2.45, 2.75) is 33.1 Å². The first-order valence-corrected chi connectivity index (χ1v) is 9.34. The van der Waals surface area contributed by atoms with Crippen LogP contribution in [-0.2, 0) is 17.6 Å². The first-order valence-electron chi connectivity index (χ1n) is 8.46. The Hall–Kier alpha value is -2.40. The first-order chi connectivity index (χ1) is 12.0. The number of fused-ring (bicyclic) bond motifs is 1. The van der Waals surface area contributed by atoms with Crippen LogP contribution in [0.5, 0.6) is 0 Å². The molecule has 25 heavy (non-hydrogen) atoms. The number of carbonyl (C=O) groups excluding carboxylic acids is 1. The smallest absolute Gasteiger partial charge is 0.251 e. The summed E-state index contributed by atoms with van der Waals surface area (Å²) in [5.74, 6) is 0.0251.